The Bertz CT molecular complexity index is 341. The Labute approximate surface area is 102 Å². The minimum atomic E-state index is 0.126. The molecule has 0 aliphatic carbocycles. The minimum Gasteiger partial charge on any atom is -0.333 e. The van der Waals surface area contributed by atoms with E-state index in [4.69, 9.17) is 0 Å². The predicted molar refractivity (Wildman–Crippen MR) is 64.1 cm³/mol. The zero-order valence-corrected chi connectivity index (χ0v) is 10.9. The zero-order valence-electron chi connectivity index (χ0n) is 8.52. The quantitative estimate of drug-likeness (QED) is 0.801. The van der Waals surface area contributed by atoms with E-state index in [9.17, 15) is 4.79 Å². The average Bonchev–Trinajstić information content (AvgIpc) is 2.85. The Morgan fingerprint density at radius 2 is 2.60 bits per heavy atom. The molecule has 0 saturated carbocycles. The third kappa shape index (κ3) is 2.23. The van der Waals surface area contributed by atoms with Gasteiger partial charge in [-0.3, -0.25) is 4.79 Å². The highest BCUT2D eigenvalue weighted by atomic mass is 79.9. The second kappa shape index (κ2) is 4.61. The van der Waals surface area contributed by atoms with Crippen LogP contribution in [0.25, 0.3) is 0 Å². The summed E-state index contributed by atoms with van der Waals surface area (Å²) < 4.78 is 0. The first kappa shape index (κ1) is 11.1. The largest absolute Gasteiger partial charge is 0.333 e. The molecular weight excluding hydrogens is 276 g/mol. The molecule has 0 aromatic carbocycles. The van der Waals surface area contributed by atoms with Gasteiger partial charge in [0.25, 0.3) is 0 Å². The van der Waals surface area contributed by atoms with Crippen LogP contribution in [0, 0.1) is 5.92 Å². The minimum absolute atomic E-state index is 0.126. The van der Waals surface area contributed by atoms with Gasteiger partial charge in [0, 0.05) is 29.9 Å². The summed E-state index contributed by atoms with van der Waals surface area (Å²) in [4.78, 5) is 18.0. The van der Waals surface area contributed by atoms with Crippen molar-refractivity contribution in [3.63, 3.8) is 0 Å². The molecule has 0 radical (unpaired) electrons. The normalized spacial score (nSPS) is 23.5. The van der Waals surface area contributed by atoms with Crippen molar-refractivity contribution in [2.75, 3.05) is 11.9 Å². The fourth-order valence-corrected chi connectivity index (χ4v) is 3.00. The second-order valence-electron chi connectivity index (χ2n) is 3.82. The molecule has 1 aliphatic heterocycles. The van der Waals surface area contributed by atoms with Crippen molar-refractivity contribution < 1.29 is 4.79 Å². The number of likely N-dealkylation sites (tertiary alicyclic amines) is 1. The van der Waals surface area contributed by atoms with Crippen LogP contribution in [0.3, 0.4) is 0 Å². The van der Waals surface area contributed by atoms with Crippen molar-refractivity contribution in [3.05, 3.63) is 16.6 Å². The molecule has 0 bridgehead atoms. The molecule has 5 heteroatoms. The Morgan fingerprint density at radius 3 is 3.13 bits per heavy atom. The molecule has 0 N–H and O–H groups in total. The molecule has 15 heavy (non-hydrogen) atoms. The van der Waals surface area contributed by atoms with E-state index < -0.39 is 0 Å². The van der Waals surface area contributed by atoms with E-state index in [2.05, 4.69) is 20.9 Å². The molecule has 3 nitrogen and oxygen atoms in total. The van der Waals surface area contributed by atoms with Crippen LogP contribution >= 0.6 is 27.3 Å². The van der Waals surface area contributed by atoms with Crippen LogP contribution in [-0.4, -0.2) is 27.7 Å². The topological polar surface area (TPSA) is 33.2 Å². The summed E-state index contributed by atoms with van der Waals surface area (Å²) in [6.07, 6.45) is 2.46. The molecule has 1 aromatic rings. The lowest BCUT2D eigenvalue weighted by molar-refractivity contribution is -0.129. The number of hydrogen-bond donors (Lipinski definition) is 0. The summed E-state index contributed by atoms with van der Waals surface area (Å²) in [5, 5.41) is 3.88. The van der Waals surface area contributed by atoms with Crippen molar-refractivity contribution in [1.29, 1.82) is 0 Å². The van der Waals surface area contributed by atoms with Gasteiger partial charge < -0.3 is 4.90 Å². The van der Waals surface area contributed by atoms with Crippen LogP contribution in [0.4, 0.5) is 0 Å². The fraction of sp³-hybridized carbons (Fsp3) is 0.600. The first-order valence-corrected chi connectivity index (χ1v) is 6.97. The van der Waals surface area contributed by atoms with Gasteiger partial charge in [-0.2, -0.15) is 0 Å². The van der Waals surface area contributed by atoms with E-state index in [-0.39, 0.29) is 11.9 Å². The van der Waals surface area contributed by atoms with E-state index >= 15 is 0 Å². The maximum atomic E-state index is 11.8. The molecule has 0 spiro atoms. The highest BCUT2D eigenvalue weighted by Gasteiger charge is 2.33. The summed E-state index contributed by atoms with van der Waals surface area (Å²) in [5.41, 5.74) is 0. The summed E-state index contributed by atoms with van der Waals surface area (Å²) in [5.74, 6) is 0.710. The van der Waals surface area contributed by atoms with Gasteiger partial charge in [-0.25, -0.2) is 4.98 Å². The Kier molecular flexibility index (Phi) is 3.41. The Hall–Kier alpha value is -0.420. The van der Waals surface area contributed by atoms with Gasteiger partial charge in [0.15, 0.2) is 0 Å². The smallest absolute Gasteiger partial charge is 0.223 e. The highest BCUT2D eigenvalue weighted by molar-refractivity contribution is 9.09. The summed E-state index contributed by atoms with van der Waals surface area (Å²) in [6.45, 7) is 2.90. The summed E-state index contributed by atoms with van der Waals surface area (Å²) >= 11 is 5.05. The van der Waals surface area contributed by atoms with Crippen molar-refractivity contribution in [1.82, 2.24) is 9.88 Å². The van der Waals surface area contributed by atoms with Crippen LogP contribution in [0.1, 0.15) is 24.4 Å². The number of rotatable bonds is 3. The Balaban J connectivity index is 2.08. The van der Waals surface area contributed by atoms with E-state index in [0.717, 1.165) is 16.9 Å². The third-order valence-corrected chi connectivity index (χ3v) is 4.59. The third-order valence-electron chi connectivity index (χ3n) is 2.73. The molecule has 2 heterocycles. The average molecular weight is 289 g/mol. The van der Waals surface area contributed by atoms with Gasteiger partial charge in [-0.1, -0.05) is 15.9 Å². The molecule has 1 amide bonds. The molecular formula is C10H13BrN2OS. The van der Waals surface area contributed by atoms with Gasteiger partial charge in [-0.15, -0.1) is 11.3 Å². The fourth-order valence-electron chi connectivity index (χ4n) is 1.86. The van der Waals surface area contributed by atoms with Crippen LogP contribution in [0.2, 0.25) is 0 Å². The number of halogens is 1. The van der Waals surface area contributed by atoms with Crippen LogP contribution in [-0.2, 0) is 4.79 Å². The van der Waals surface area contributed by atoms with Crippen LogP contribution in [0.15, 0.2) is 11.6 Å². The lowest BCUT2D eigenvalue weighted by Crippen LogP contribution is -2.28. The summed E-state index contributed by atoms with van der Waals surface area (Å²) in [6, 6.07) is 0.126. The number of amides is 1. The highest BCUT2D eigenvalue weighted by Crippen LogP contribution is 2.29. The SMILES string of the molecule is CC(c1nccs1)N1CC(CBr)CC1=O. The molecule has 1 aliphatic rings. The lowest BCUT2D eigenvalue weighted by Gasteiger charge is -2.22. The van der Waals surface area contributed by atoms with Crippen molar-refractivity contribution in [2.45, 2.75) is 19.4 Å². The zero-order chi connectivity index (χ0) is 10.8. The maximum Gasteiger partial charge on any atom is 0.223 e. The van der Waals surface area contributed by atoms with Crippen LogP contribution in [0.5, 0.6) is 0 Å². The molecule has 2 rings (SSSR count). The first-order valence-electron chi connectivity index (χ1n) is 4.97. The first-order chi connectivity index (χ1) is 7.22. The predicted octanol–water partition coefficient (Wildman–Crippen LogP) is 2.45. The number of hydrogen-bond acceptors (Lipinski definition) is 3. The summed E-state index contributed by atoms with van der Waals surface area (Å²) in [7, 11) is 0. The van der Waals surface area contributed by atoms with Crippen molar-refractivity contribution >= 4 is 33.2 Å². The maximum absolute atomic E-state index is 11.8. The number of nitrogens with zero attached hydrogens (tertiary/aromatic N) is 2. The standard InChI is InChI=1S/C10H13BrN2OS/c1-7(10-12-2-3-15-10)13-6-8(5-11)4-9(13)14/h2-3,7-8H,4-6H2,1H3. The number of carbonyl (C=O) groups excluding carboxylic acids is 1. The van der Waals surface area contributed by atoms with Crippen molar-refractivity contribution in [3.8, 4) is 0 Å². The van der Waals surface area contributed by atoms with Crippen molar-refractivity contribution in [2.24, 2.45) is 5.92 Å². The molecule has 2 unspecified atom stereocenters. The van der Waals surface area contributed by atoms with E-state index in [1.807, 2.05) is 17.2 Å². The molecule has 82 valence electrons. The van der Waals surface area contributed by atoms with Gasteiger partial charge >= 0.3 is 0 Å². The number of carbonyl (C=O) groups is 1. The number of thiazole rings is 1. The van der Waals surface area contributed by atoms with Gasteiger partial charge in [-0.05, 0) is 12.8 Å². The second-order valence-corrected chi connectivity index (χ2v) is 5.39. The lowest BCUT2D eigenvalue weighted by atomic mass is 10.2. The van der Waals surface area contributed by atoms with Gasteiger partial charge in [0.1, 0.15) is 5.01 Å². The molecule has 1 fully saturated rings. The van der Waals surface area contributed by atoms with E-state index in [1.54, 1.807) is 17.5 Å². The molecule has 1 saturated heterocycles. The molecule has 1 aromatic heterocycles. The number of aromatic nitrogens is 1. The monoisotopic (exact) mass is 288 g/mol. The van der Waals surface area contributed by atoms with Gasteiger partial charge in [0.2, 0.25) is 5.91 Å². The van der Waals surface area contributed by atoms with E-state index in [1.165, 1.54) is 0 Å². The molecule has 2 atom stereocenters. The number of alkyl halides is 1. The van der Waals surface area contributed by atoms with Crippen LogP contribution < -0.4 is 0 Å². The van der Waals surface area contributed by atoms with Gasteiger partial charge in [0.05, 0.1) is 6.04 Å². The van der Waals surface area contributed by atoms with E-state index in [0.29, 0.717) is 12.3 Å². The Morgan fingerprint density at radius 1 is 1.80 bits per heavy atom.